The summed E-state index contributed by atoms with van der Waals surface area (Å²) in [6.45, 7) is 6.00. The maximum Gasteiger partial charge on any atom is 0.0700 e. The molecule has 0 fully saturated rings. The zero-order chi connectivity index (χ0) is 7.28. The summed E-state index contributed by atoms with van der Waals surface area (Å²) in [4.78, 5) is 4.25. The third-order valence-electron chi connectivity index (χ3n) is 1.05. The van der Waals surface area contributed by atoms with E-state index in [9.17, 15) is 0 Å². The summed E-state index contributed by atoms with van der Waals surface area (Å²) in [5, 5.41) is 1.12. The van der Waals surface area contributed by atoms with Crippen LogP contribution in [-0.2, 0) is 0 Å². The molecule has 0 aromatic rings. The number of aliphatic imine (C=N–C) groups is 1. The van der Waals surface area contributed by atoms with Crippen molar-refractivity contribution in [1.29, 1.82) is 0 Å². The van der Waals surface area contributed by atoms with E-state index < -0.39 is 0 Å². The van der Waals surface area contributed by atoms with Crippen molar-refractivity contribution >= 4 is 16.8 Å². The number of rotatable bonds is 1. The van der Waals surface area contributed by atoms with E-state index in [0.29, 0.717) is 0 Å². The second-order valence-electron chi connectivity index (χ2n) is 1.77. The SMILES string of the molecule is C/C=C(C)\N=C(\C)SC. The Kier molecular flexibility index (Phi) is 4.50. The lowest BCUT2D eigenvalue weighted by molar-refractivity contribution is 1.29. The maximum atomic E-state index is 4.25. The Hall–Kier alpha value is -0.240. The first-order valence-electron chi connectivity index (χ1n) is 2.93. The lowest BCUT2D eigenvalue weighted by Crippen LogP contribution is -1.80. The van der Waals surface area contributed by atoms with Crippen LogP contribution in [0, 0.1) is 0 Å². The van der Waals surface area contributed by atoms with Crippen LogP contribution in [0.2, 0.25) is 0 Å². The highest BCUT2D eigenvalue weighted by Crippen LogP contribution is 2.02. The molecule has 9 heavy (non-hydrogen) atoms. The van der Waals surface area contributed by atoms with Crippen molar-refractivity contribution in [1.82, 2.24) is 0 Å². The van der Waals surface area contributed by atoms with E-state index in [1.165, 1.54) is 0 Å². The lowest BCUT2D eigenvalue weighted by Gasteiger charge is -1.92. The monoisotopic (exact) mass is 143 g/mol. The van der Waals surface area contributed by atoms with E-state index >= 15 is 0 Å². The summed E-state index contributed by atoms with van der Waals surface area (Å²) in [5.74, 6) is 0. The quantitative estimate of drug-likeness (QED) is 0.406. The van der Waals surface area contributed by atoms with Gasteiger partial charge in [-0.2, -0.15) is 0 Å². The summed E-state index contributed by atoms with van der Waals surface area (Å²) in [6, 6.07) is 0. The highest BCUT2D eigenvalue weighted by molar-refractivity contribution is 8.13. The van der Waals surface area contributed by atoms with Crippen LogP contribution in [0.4, 0.5) is 0 Å². The average molecular weight is 143 g/mol. The second-order valence-corrected chi connectivity index (χ2v) is 2.76. The summed E-state index contributed by atoms with van der Waals surface area (Å²) in [7, 11) is 0. The lowest BCUT2D eigenvalue weighted by atomic mass is 10.5. The van der Waals surface area contributed by atoms with E-state index in [1.54, 1.807) is 11.8 Å². The molecule has 0 radical (unpaired) electrons. The topological polar surface area (TPSA) is 12.4 Å². The van der Waals surface area contributed by atoms with E-state index in [1.807, 2.05) is 33.1 Å². The molecule has 0 saturated carbocycles. The van der Waals surface area contributed by atoms with Crippen molar-refractivity contribution in [2.45, 2.75) is 20.8 Å². The summed E-state index contributed by atoms with van der Waals surface area (Å²) in [5.41, 5.74) is 1.09. The van der Waals surface area contributed by atoms with Crippen molar-refractivity contribution in [3.05, 3.63) is 11.8 Å². The molecule has 0 amide bonds. The Balaban J connectivity index is 3.95. The van der Waals surface area contributed by atoms with Gasteiger partial charge in [-0.05, 0) is 27.0 Å². The van der Waals surface area contributed by atoms with Gasteiger partial charge in [0.1, 0.15) is 0 Å². The van der Waals surface area contributed by atoms with Gasteiger partial charge in [0.25, 0.3) is 0 Å². The van der Waals surface area contributed by atoms with E-state index in [0.717, 1.165) is 10.7 Å². The Morgan fingerprint density at radius 2 is 2.00 bits per heavy atom. The summed E-state index contributed by atoms with van der Waals surface area (Å²) >= 11 is 1.68. The van der Waals surface area contributed by atoms with Gasteiger partial charge >= 0.3 is 0 Å². The normalized spacial score (nSPS) is 14.2. The molecule has 0 N–H and O–H groups in total. The van der Waals surface area contributed by atoms with Gasteiger partial charge in [0, 0.05) is 5.70 Å². The number of nitrogens with zero attached hydrogens (tertiary/aromatic N) is 1. The van der Waals surface area contributed by atoms with Crippen molar-refractivity contribution < 1.29 is 0 Å². The molecule has 0 rings (SSSR count). The minimum Gasteiger partial charge on any atom is -0.252 e. The number of thioether (sulfide) groups is 1. The van der Waals surface area contributed by atoms with Crippen molar-refractivity contribution in [3.63, 3.8) is 0 Å². The maximum absolute atomic E-state index is 4.25. The van der Waals surface area contributed by atoms with E-state index in [4.69, 9.17) is 0 Å². The van der Waals surface area contributed by atoms with E-state index in [2.05, 4.69) is 4.99 Å². The molecular formula is C7H13NS. The highest BCUT2D eigenvalue weighted by atomic mass is 32.2. The average Bonchev–Trinajstić information content (AvgIpc) is 1.87. The molecule has 2 heteroatoms. The molecular weight excluding hydrogens is 130 g/mol. The largest absolute Gasteiger partial charge is 0.252 e. The van der Waals surface area contributed by atoms with Gasteiger partial charge in [-0.25, -0.2) is 0 Å². The van der Waals surface area contributed by atoms with Crippen LogP contribution in [0.5, 0.6) is 0 Å². The summed E-state index contributed by atoms with van der Waals surface area (Å²) in [6.07, 6.45) is 4.03. The molecule has 0 heterocycles. The van der Waals surface area contributed by atoms with Crippen LogP contribution in [0.1, 0.15) is 20.8 Å². The van der Waals surface area contributed by atoms with Gasteiger partial charge in [-0.1, -0.05) is 6.08 Å². The van der Waals surface area contributed by atoms with Gasteiger partial charge in [-0.15, -0.1) is 11.8 Å². The molecule has 0 atom stereocenters. The predicted octanol–water partition coefficient (Wildman–Crippen LogP) is 2.69. The summed E-state index contributed by atoms with van der Waals surface area (Å²) < 4.78 is 0. The minimum absolute atomic E-state index is 1.09. The zero-order valence-electron chi connectivity index (χ0n) is 6.43. The first kappa shape index (κ1) is 8.76. The Bertz CT molecular complexity index is 136. The van der Waals surface area contributed by atoms with Crippen molar-refractivity contribution in [2.75, 3.05) is 6.26 Å². The fraction of sp³-hybridized carbons (Fsp3) is 0.571. The van der Waals surface area contributed by atoms with Gasteiger partial charge in [-0.3, -0.25) is 4.99 Å². The molecule has 0 aliphatic rings. The predicted molar refractivity (Wildman–Crippen MR) is 46.1 cm³/mol. The first-order chi connectivity index (χ1) is 4.20. The Labute approximate surface area is 61.3 Å². The van der Waals surface area contributed by atoms with Gasteiger partial charge < -0.3 is 0 Å². The third kappa shape index (κ3) is 4.28. The van der Waals surface area contributed by atoms with Crippen LogP contribution >= 0.6 is 11.8 Å². The minimum atomic E-state index is 1.09. The van der Waals surface area contributed by atoms with Crippen LogP contribution < -0.4 is 0 Å². The smallest absolute Gasteiger partial charge is 0.0700 e. The Morgan fingerprint density at radius 1 is 1.44 bits per heavy atom. The molecule has 0 aromatic heterocycles. The molecule has 52 valence electrons. The third-order valence-corrected chi connectivity index (χ3v) is 1.73. The fourth-order valence-corrected chi connectivity index (χ4v) is 0.594. The highest BCUT2D eigenvalue weighted by Gasteiger charge is 1.84. The zero-order valence-corrected chi connectivity index (χ0v) is 7.25. The van der Waals surface area contributed by atoms with Crippen LogP contribution in [0.15, 0.2) is 16.8 Å². The Morgan fingerprint density at radius 3 is 2.33 bits per heavy atom. The number of allylic oxidation sites excluding steroid dienone is 2. The van der Waals surface area contributed by atoms with Gasteiger partial charge in [0.05, 0.1) is 5.04 Å². The molecule has 0 saturated heterocycles. The second kappa shape index (κ2) is 4.62. The molecule has 0 spiro atoms. The van der Waals surface area contributed by atoms with Gasteiger partial charge in [0.15, 0.2) is 0 Å². The van der Waals surface area contributed by atoms with Gasteiger partial charge in [0.2, 0.25) is 0 Å². The van der Waals surface area contributed by atoms with Crippen molar-refractivity contribution in [2.24, 2.45) is 4.99 Å². The molecule has 0 unspecified atom stereocenters. The molecule has 0 aliphatic heterocycles. The first-order valence-corrected chi connectivity index (χ1v) is 4.15. The fourth-order valence-electron chi connectivity index (χ4n) is 0.359. The van der Waals surface area contributed by atoms with Crippen LogP contribution in [0.25, 0.3) is 0 Å². The molecule has 0 aliphatic carbocycles. The molecule has 0 aromatic carbocycles. The van der Waals surface area contributed by atoms with Crippen LogP contribution in [-0.4, -0.2) is 11.3 Å². The van der Waals surface area contributed by atoms with E-state index in [-0.39, 0.29) is 0 Å². The van der Waals surface area contributed by atoms with Crippen LogP contribution in [0.3, 0.4) is 0 Å². The number of hydrogen-bond donors (Lipinski definition) is 0. The standard InChI is InChI=1S/C7H13NS/c1-5-6(2)8-7(3)9-4/h5H,1-4H3/b6-5-,8-7-. The molecule has 1 nitrogen and oxygen atoms in total. The molecule has 0 bridgehead atoms. The number of hydrogen-bond acceptors (Lipinski definition) is 2. The van der Waals surface area contributed by atoms with Crippen molar-refractivity contribution in [3.8, 4) is 0 Å².